The van der Waals surface area contributed by atoms with Crippen LogP contribution in [0.25, 0.3) is 0 Å². The summed E-state index contributed by atoms with van der Waals surface area (Å²) in [5, 5.41) is 3.25. The van der Waals surface area contributed by atoms with E-state index in [4.69, 9.17) is 0 Å². The van der Waals surface area contributed by atoms with Crippen LogP contribution in [-0.2, 0) is 0 Å². The first-order valence-electron chi connectivity index (χ1n) is 3.59. The highest BCUT2D eigenvalue weighted by Crippen LogP contribution is 2.23. The molecule has 0 saturated heterocycles. The van der Waals surface area contributed by atoms with Crippen molar-refractivity contribution in [2.45, 2.75) is 18.9 Å². The minimum absolute atomic E-state index is 0.644. The summed E-state index contributed by atoms with van der Waals surface area (Å²) in [7, 11) is 0. The smallest absolute Gasteiger partial charge is 0.144 e. The van der Waals surface area contributed by atoms with E-state index in [1.54, 1.807) is 12.4 Å². The maximum Gasteiger partial charge on any atom is 0.144 e. The molecule has 58 valence electrons. The molecule has 4 heteroatoms. The van der Waals surface area contributed by atoms with Gasteiger partial charge in [0.05, 0.1) is 12.4 Å². The lowest BCUT2D eigenvalue weighted by atomic mass is 10.6. The van der Waals surface area contributed by atoms with Gasteiger partial charge in [0, 0.05) is 6.04 Å². The van der Waals surface area contributed by atoms with Crippen molar-refractivity contribution in [3.8, 4) is 0 Å². The van der Waals surface area contributed by atoms with E-state index in [0.29, 0.717) is 6.04 Å². The second kappa shape index (κ2) is 2.77. The third kappa shape index (κ3) is 1.89. The summed E-state index contributed by atoms with van der Waals surface area (Å²) < 4.78 is 0.777. The van der Waals surface area contributed by atoms with E-state index in [1.807, 2.05) is 0 Å². The lowest BCUT2D eigenvalue weighted by Gasteiger charge is -2.00. The molecule has 0 atom stereocenters. The van der Waals surface area contributed by atoms with Gasteiger partial charge >= 0.3 is 0 Å². The van der Waals surface area contributed by atoms with Gasteiger partial charge in [0.2, 0.25) is 0 Å². The Balaban J connectivity index is 2.06. The minimum atomic E-state index is 0.644. The van der Waals surface area contributed by atoms with Gasteiger partial charge < -0.3 is 5.32 Å². The highest BCUT2D eigenvalue weighted by Gasteiger charge is 2.20. The summed E-state index contributed by atoms with van der Waals surface area (Å²) in [4.78, 5) is 8.19. The highest BCUT2D eigenvalue weighted by atomic mass is 79.9. The first kappa shape index (κ1) is 7.03. The number of nitrogens with zero attached hydrogens (tertiary/aromatic N) is 2. The molecule has 1 saturated carbocycles. The Bertz CT molecular complexity index is 242. The summed E-state index contributed by atoms with van der Waals surface area (Å²) in [6.45, 7) is 0. The number of anilines is 1. The number of halogens is 1. The van der Waals surface area contributed by atoms with Crippen molar-refractivity contribution >= 4 is 21.7 Å². The van der Waals surface area contributed by atoms with E-state index in [9.17, 15) is 0 Å². The maximum atomic E-state index is 4.14. The van der Waals surface area contributed by atoms with Crippen molar-refractivity contribution in [1.29, 1.82) is 0 Å². The summed E-state index contributed by atoms with van der Waals surface area (Å²) in [5.41, 5.74) is 0. The van der Waals surface area contributed by atoms with Crippen molar-refractivity contribution in [2.24, 2.45) is 0 Å². The fourth-order valence-electron chi connectivity index (χ4n) is 0.824. The van der Waals surface area contributed by atoms with Crippen LogP contribution in [0.1, 0.15) is 12.8 Å². The largest absolute Gasteiger partial charge is 0.366 e. The van der Waals surface area contributed by atoms with E-state index in [0.717, 1.165) is 10.4 Å². The van der Waals surface area contributed by atoms with E-state index >= 15 is 0 Å². The van der Waals surface area contributed by atoms with Crippen LogP contribution in [-0.4, -0.2) is 16.0 Å². The fourth-order valence-corrected chi connectivity index (χ4v) is 1.03. The van der Waals surface area contributed by atoms with Gasteiger partial charge in [-0.1, -0.05) is 0 Å². The molecule has 1 aromatic rings. The molecule has 1 aliphatic carbocycles. The van der Waals surface area contributed by atoms with E-state index in [2.05, 4.69) is 31.2 Å². The van der Waals surface area contributed by atoms with Gasteiger partial charge in [-0.05, 0) is 28.8 Å². The maximum absolute atomic E-state index is 4.14. The van der Waals surface area contributed by atoms with Gasteiger partial charge in [-0.25, -0.2) is 9.97 Å². The van der Waals surface area contributed by atoms with Crippen LogP contribution < -0.4 is 5.32 Å². The molecular formula is C7H8BrN3. The van der Waals surface area contributed by atoms with Crippen LogP contribution in [0.4, 0.5) is 5.82 Å². The van der Waals surface area contributed by atoms with Gasteiger partial charge in [-0.2, -0.15) is 0 Å². The monoisotopic (exact) mass is 213 g/mol. The van der Waals surface area contributed by atoms with Gasteiger partial charge in [0.25, 0.3) is 0 Å². The molecule has 1 N–H and O–H groups in total. The average molecular weight is 214 g/mol. The lowest BCUT2D eigenvalue weighted by molar-refractivity contribution is 1.08. The Hall–Kier alpha value is -0.640. The van der Waals surface area contributed by atoms with Crippen LogP contribution in [0.3, 0.4) is 0 Å². The second-order valence-electron chi connectivity index (χ2n) is 2.64. The van der Waals surface area contributed by atoms with E-state index < -0.39 is 0 Å². The average Bonchev–Trinajstić information content (AvgIpc) is 2.78. The molecule has 0 unspecified atom stereocenters. The third-order valence-corrected chi connectivity index (χ3v) is 1.96. The Morgan fingerprint density at radius 3 is 2.73 bits per heavy atom. The molecule has 2 rings (SSSR count). The molecule has 1 aromatic heterocycles. The van der Waals surface area contributed by atoms with Crippen LogP contribution in [0.15, 0.2) is 17.0 Å². The summed E-state index contributed by atoms with van der Waals surface area (Å²) in [6, 6.07) is 0.644. The normalized spacial score (nSPS) is 16.5. The molecule has 0 bridgehead atoms. The Morgan fingerprint density at radius 1 is 1.36 bits per heavy atom. The lowest BCUT2D eigenvalue weighted by Crippen LogP contribution is -2.02. The number of hydrogen-bond donors (Lipinski definition) is 1. The van der Waals surface area contributed by atoms with Gasteiger partial charge in [-0.15, -0.1) is 0 Å². The molecule has 0 amide bonds. The van der Waals surface area contributed by atoms with E-state index in [1.165, 1.54) is 12.8 Å². The molecule has 1 aliphatic rings. The Morgan fingerprint density at radius 2 is 2.18 bits per heavy atom. The van der Waals surface area contributed by atoms with Gasteiger partial charge in [0.15, 0.2) is 0 Å². The predicted octanol–water partition coefficient (Wildman–Crippen LogP) is 1.81. The zero-order chi connectivity index (χ0) is 7.68. The van der Waals surface area contributed by atoms with Crippen LogP contribution in [0.5, 0.6) is 0 Å². The first-order chi connectivity index (χ1) is 5.34. The standard InChI is InChI=1S/C7H8BrN3/c8-6-3-10-7(4-9-6)11-5-1-2-5/h3-5H,1-2H2,(H,10,11). The van der Waals surface area contributed by atoms with Crippen molar-refractivity contribution in [3.63, 3.8) is 0 Å². The molecule has 0 spiro atoms. The minimum Gasteiger partial charge on any atom is -0.366 e. The van der Waals surface area contributed by atoms with Crippen LogP contribution >= 0.6 is 15.9 Å². The fraction of sp³-hybridized carbons (Fsp3) is 0.429. The first-order valence-corrected chi connectivity index (χ1v) is 4.38. The van der Waals surface area contributed by atoms with Crippen LogP contribution in [0.2, 0.25) is 0 Å². The number of rotatable bonds is 2. The molecule has 1 heterocycles. The predicted molar refractivity (Wildman–Crippen MR) is 46.4 cm³/mol. The molecule has 1 fully saturated rings. The highest BCUT2D eigenvalue weighted by molar-refractivity contribution is 9.10. The van der Waals surface area contributed by atoms with E-state index in [-0.39, 0.29) is 0 Å². The SMILES string of the molecule is Brc1cnc(NC2CC2)cn1. The zero-order valence-corrected chi connectivity index (χ0v) is 7.50. The number of hydrogen-bond acceptors (Lipinski definition) is 3. The van der Waals surface area contributed by atoms with Crippen molar-refractivity contribution in [2.75, 3.05) is 5.32 Å². The van der Waals surface area contributed by atoms with Gasteiger partial charge in [-0.3, -0.25) is 0 Å². The zero-order valence-electron chi connectivity index (χ0n) is 5.92. The Kier molecular flexibility index (Phi) is 1.77. The van der Waals surface area contributed by atoms with Crippen molar-refractivity contribution < 1.29 is 0 Å². The van der Waals surface area contributed by atoms with Gasteiger partial charge in [0.1, 0.15) is 10.4 Å². The summed E-state index contributed by atoms with van der Waals surface area (Å²) in [5.74, 6) is 0.871. The summed E-state index contributed by atoms with van der Waals surface area (Å²) in [6.07, 6.45) is 5.96. The third-order valence-electron chi connectivity index (χ3n) is 1.55. The topological polar surface area (TPSA) is 37.8 Å². The molecule has 0 radical (unpaired) electrons. The molecular weight excluding hydrogens is 206 g/mol. The Labute approximate surface area is 73.4 Å². The second-order valence-corrected chi connectivity index (χ2v) is 3.46. The van der Waals surface area contributed by atoms with Crippen molar-refractivity contribution in [1.82, 2.24) is 9.97 Å². The quantitative estimate of drug-likeness (QED) is 0.815. The summed E-state index contributed by atoms with van der Waals surface area (Å²) >= 11 is 3.23. The molecule has 3 nitrogen and oxygen atoms in total. The molecule has 0 aromatic carbocycles. The van der Waals surface area contributed by atoms with Crippen molar-refractivity contribution in [3.05, 3.63) is 17.0 Å². The molecule has 11 heavy (non-hydrogen) atoms. The molecule has 0 aliphatic heterocycles. The number of aromatic nitrogens is 2. The number of nitrogens with one attached hydrogen (secondary N) is 1. The van der Waals surface area contributed by atoms with Crippen LogP contribution in [0, 0.1) is 0 Å².